The molecule has 5 nitrogen and oxygen atoms in total. The van der Waals surface area contributed by atoms with Crippen LogP contribution in [0.15, 0.2) is 24.3 Å². The Hall–Kier alpha value is -0.410. The molecule has 1 aromatic rings. The summed E-state index contributed by atoms with van der Waals surface area (Å²) in [6.07, 6.45) is 15.7. The first kappa shape index (κ1) is 32.6. The maximum atomic E-state index is 5.77. The molecule has 0 heterocycles. The van der Waals surface area contributed by atoms with Gasteiger partial charge in [-0.05, 0) is 47.8 Å². The van der Waals surface area contributed by atoms with Gasteiger partial charge in [-0.1, -0.05) is 93.0 Å². The molecule has 0 radical (unpaired) electrons. The predicted molar refractivity (Wildman–Crippen MR) is 154 cm³/mol. The molecule has 1 aromatic carbocycles. The van der Waals surface area contributed by atoms with E-state index in [4.69, 9.17) is 23.7 Å². The van der Waals surface area contributed by atoms with Crippen molar-refractivity contribution in [3.8, 4) is 5.75 Å². The highest BCUT2D eigenvalue weighted by Crippen LogP contribution is 2.15. The third kappa shape index (κ3) is 22.5. The molecule has 0 saturated carbocycles. The van der Waals surface area contributed by atoms with Gasteiger partial charge in [0.1, 0.15) is 12.4 Å². The van der Waals surface area contributed by atoms with Crippen molar-refractivity contribution in [2.75, 3.05) is 63.9 Å². The molecule has 0 bridgehead atoms. The van der Waals surface area contributed by atoms with Gasteiger partial charge >= 0.3 is 0 Å². The second-order valence-corrected chi connectivity index (χ2v) is 10.00. The summed E-state index contributed by atoms with van der Waals surface area (Å²) in [4.78, 5) is 0. The van der Waals surface area contributed by atoms with Crippen molar-refractivity contribution in [3.63, 3.8) is 0 Å². The third-order valence-corrected chi connectivity index (χ3v) is 6.54. The summed E-state index contributed by atoms with van der Waals surface area (Å²) in [7, 11) is 0. The third-order valence-electron chi connectivity index (χ3n) is 5.78. The minimum absolute atomic E-state index is 0.554. The summed E-state index contributed by atoms with van der Waals surface area (Å²) in [6.45, 7) is 7.84. The van der Waals surface area contributed by atoms with E-state index < -0.39 is 0 Å². The highest BCUT2D eigenvalue weighted by atomic mass is 127. The topological polar surface area (TPSA) is 46.2 Å². The van der Waals surface area contributed by atoms with E-state index >= 15 is 0 Å². The monoisotopic (exact) mass is 606 g/mol. The predicted octanol–water partition coefficient (Wildman–Crippen LogP) is 7.42. The molecule has 0 aliphatic carbocycles. The molecule has 1 rings (SSSR count). The van der Waals surface area contributed by atoms with Crippen molar-refractivity contribution in [1.82, 2.24) is 0 Å². The fourth-order valence-corrected chi connectivity index (χ4v) is 4.21. The van der Waals surface area contributed by atoms with E-state index in [-0.39, 0.29) is 0 Å². The van der Waals surface area contributed by atoms with Crippen molar-refractivity contribution in [1.29, 1.82) is 0 Å². The Morgan fingerprint density at radius 1 is 0.514 bits per heavy atom. The van der Waals surface area contributed by atoms with Crippen LogP contribution in [0.2, 0.25) is 0 Å². The minimum Gasteiger partial charge on any atom is -0.491 e. The van der Waals surface area contributed by atoms with Gasteiger partial charge in [0.2, 0.25) is 0 Å². The molecule has 0 aliphatic rings. The zero-order valence-corrected chi connectivity index (χ0v) is 24.4. The van der Waals surface area contributed by atoms with E-state index in [0.29, 0.717) is 52.9 Å². The molecule has 0 amide bonds. The Bertz CT molecular complexity index is 540. The lowest BCUT2D eigenvalue weighted by molar-refractivity contribution is -0.00486. The second-order valence-electron chi connectivity index (χ2n) is 8.92. The molecule has 0 saturated heterocycles. The lowest BCUT2D eigenvalue weighted by Crippen LogP contribution is -2.13. The zero-order chi connectivity index (χ0) is 25.1. The number of rotatable bonds is 27. The summed E-state index contributed by atoms with van der Waals surface area (Å²) in [5.41, 5.74) is 1.40. The molecular formula is C29H51IO5. The van der Waals surface area contributed by atoms with Gasteiger partial charge < -0.3 is 23.7 Å². The fraction of sp³-hybridized carbons (Fsp3) is 0.793. The van der Waals surface area contributed by atoms with Crippen LogP contribution >= 0.6 is 22.6 Å². The van der Waals surface area contributed by atoms with Crippen LogP contribution in [0, 0.1) is 0 Å². The summed E-state index contributed by atoms with van der Waals surface area (Å²) in [6, 6.07) is 8.50. The summed E-state index contributed by atoms with van der Waals surface area (Å²) < 4.78 is 29.2. The van der Waals surface area contributed by atoms with Crippen LogP contribution in [0.1, 0.15) is 83.1 Å². The SMILES string of the molecule is CCCCCCCCCc1ccc(OCCOCCOCCOCCOCCCCCCI)cc1. The number of hydrogen-bond donors (Lipinski definition) is 0. The number of alkyl halides is 1. The molecule has 0 unspecified atom stereocenters. The van der Waals surface area contributed by atoms with Crippen molar-refractivity contribution < 1.29 is 23.7 Å². The van der Waals surface area contributed by atoms with Crippen LogP contribution in [0.3, 0.4) is 0 Å². The van der Waals surface area contributed by atoms with E-state index in [1.54, 1.807) is 0 Å². The minimum atomic E-state index is 0.554. The van der Waals surface area contributed by atoms with Gasteiger partial charge in [-0.25, -0.2) is 0 Å². The summed E-state index contributed by atoms with van der Waals surface area (Å²) >= 11 is 2.43. The molecule has 0 N–H and O–H groups in total. The van der Waals surface area contributed by atoms with Crippen LogP contribution in [-0.4, -0.2) is 63.9 Å². The number of unbranched alkanes of at least 4 members (excludes halogenated alkanes) is 9. The Labute approximate surface area is 229 Å². The highest BCUT2D eigenvalue weighted by molar-refractivity contribution is 14.1. The maximum absolute atomic E-state index is 5.77. The highest BCUT2D eigenvalue weighted by Gasteiger charge is 1.98. The molecule has 0 aliphatic heterocycles. The van der Waals surface area contributed by atoms with Gasteiger partial charge in [0.05, 0.1) is 46.2 Å². The van der Waals surface area contributed by atoms with Gasteiger partial charge in [-0.3, -0.25) is 0 Å². The first-order valence-electron chi connectivity index (χ1n) is 14.0. The van der Waals surface area contributed by atoms with E-state index in [1.807, 2.05) is 0 Å². The Morgan fingerprint density at radius 2 is 1.00 bits per heavy atom. The Balaban J connectivity index is 1.81. The maximum Gasteiger partial charge on any atom is 0.119 e. The van der Waals surface area contributed by atoms with Gasteiger partial charge in [0.15, 0.2) is 0 Å². The molecule has 6 heteroatoms. The fourth-order valence-electron chi connectivity index (χ4n) is 3.67. The number of ether oxygens (including phenoxy) is 5. The molecule has 204 valence electrons. The van der Waals surface area contributed by atoms with Crippen LogP contribution < -0.4 is 4.74 Å². The quantitative estimate of drug-likeness (QED) is 0.0593. The van der Waals surface area contributed by atoms with Gasteiger partial charge in [-0.15, -0.1) is 0 Å². The lowest BCUT2D eigenvalue weighted by Gasteiger charge is -2.09. The van der Waals surface area contributed by atoms with E-state index in [1.165, 1.54) is 74.2 Å². The van der Waals surface area contributed by atoms with Crippen molar-refractivity contribution >= 4 is 22.6 Å². The van der Waals surface area contributed by atoms with E-state index in [2.05, 4.69) is 53.8 Å². The summed E-state index contributed by atoms with van der Waals surface area (Å²) in [5, 5.41) is 0. The Morgan fingerprint density at radius 3 is 1.60 bits per heavy atom. The largest absolute Gasteiger partial charge is 0.491 e. The number of hydrogen-bond acceptors (Lipinski definition) is 5. The number of halogens is 1. The summed E-state index contributed by atoms with van der Waals surface area (Å²) in [5.74, 6) is 0.908. The molecule has 0 spiro atoms. The standard InChI is InChI=1S/C29H51IO5/c1-2-3-4-5-6-7-10-13-28-14-16-29(17-15-28)35-27-26-34-25-24-33-23-22-32-21-20-31-19-12-9-8-11-18-30/h14-17H,2-13,18-27H2,1H3. The van der Waals surface area contributed by atoms with Gasteiger partial charge in [-0.2, -0.15) is 0 Å². The van der Waals surface area contributed by atoms with Crippen LogP contribution in [0.4, 0.5) is 0 Å². The molecule has 0 aromatic heterocycles. The Kier molecular flexibility index (Phi) is 24.8. The van der Waals surface area contributed by atoms with Crippen molar-refractivity contribution in [2.45, 2.75) is 84.0 Å². The van der Waals surface area contributed by atoms with Crippen LogP contribution in [0.25, 0.3) is 0 Å². The lowest BCUT2D eigenvalue weighted by atomic mass is 10.0. The zero-order valence-electron chi connectivity index (χ0n) is 22.3. The van der Waals surface area contributed by atoms with Crippen LogP contribution in [0.5, 0.6) is 5.75 Å². The smallest absolute Gasteiger partial charge is 0.119 e. The average molecular weight is 607 g/mol. The van der Waals surface area contributed by atoms with Gasteiger partial charge in [0.25, 0.3) is 0 Å². The van der Waals surface area contributed by atoms with Crippen molar-refractivity contribution in [2.24, 2.45) is 0 Å². The second kappa shape index (κ2) is 26.6. The first-order valence-corrected chi connectivity index (χ1v) is 15.5. The number of benzene rings is 1. The van der Waals surface area contributed by atoms with Gasteiger partial charge in [0, 0.05) is 6.61 Å². The molecular weight excluding hydrogens is 555 g/mol. The molecule has 0 atom stereocenters. The van der Waals surface area contributed by atoms with Crippen LogP contribution in [-0.2, 0) is 25.4 Å². The molecule has 0 fully saturated rings. The number of aryl methyl sites for hydroxylation is 1. The first-order chi connectivity index (χ1) is 17.4. The van der Waals surface area contributed by atoms with E-state index in [9.17, 15) is 0 Å². The average Bonchev–Trinajstić information content (AvgIpc) is 2.88. The normalized spacial score (nSPS) is 11.3. The van der Waals surface area contributed by atoms with E-state index in [0.717, 1.165) is 25.2 Å². The van der Waals surface area contributed by atoms with Crippen molar-refractivity contribution in [3.05, 3.63) is 29.8 Å². The molecule has 35 heavy (non-hydrogen) atoms.